The van der Waals surface area contributed by atoms with Gasteiger partial charge < -0.3 is 4.52 Å². The fourth-order valence-corrected chi connectivity index (χ4v) is 3.08. The van der Waals surface area contributed by atoms with Crippen LogP contribution in [-0.2, 0) is 9.32 Å². The number of carbonyl (C=O) groups is 1. The molecule has 0 radical (unpaired) electrons. The summed E-state index contributed by atoms with van der Waals surface area (Å²) in [6.07, 6.45) is 13.2. The second-order valence-electron chi connectivity index (χ2n) is 7.79. The maximum absolute atomic E-state index is 11.1. The third-order valence-corrected chi connectivity index (χ3v) is 4.85. The zero-order valence-electron chi connectivity index (χ0n) is 16.1. The maximum atomic E-state index is 11.1. The van der Waals surface area contributed by atoms with Crippen molar-refractivity contribution in [2.45, 2.75) is 92.4 Å². The van der Waals surface area contributed by atoms with Gasteiger partial charge in [-0.25, -0.2) is 4.79 Å². The van der Waals surface area contributed by atoms with Crippen molar-refractivity contribution in [2.75, 3.05) is 0 Å². The zero-order chi connectivity index (χ0) is 17.7. The first-order chi connectivity index (χ1) is 10.8. The molecular weight excluding hydrogens is 326 g/mol. The van der Waals surface area contributed by atoms with Gasteiger partial charge in [0.1, 0.15) is 0 Å². The van der Waals surface area contributed by atoms with E-state index in [1.165, 1.54) is 44.9 Å². The summed E-state index contributed by atoms with van der Waals surface area (Å²) in [5.74, 6) is 2.24. The minimum absolute atomic E-state index is 0. The molecule has 0 aromatic carbocycles. The molecule has 0 amide bonds. The first-order valence-electron chi connectivity index (χ1n) is 9.43. The SMILES string of the molecule is C/C(=C\C(=O)OP)CCC[C@H](C)CCC[C@H](C)CCCC(C)C.[NaH]. The van der Waals surface area contributed by atoms with Gasteiger partial charge in [0, 0.05) is 6.08 Å². The Morgan fingerprint density at radius 2 is 1.38 bits per heavy atom. The van der Waals surface area contributed by atoms with E-state index in [2.05, 4.69) is 32.2 Å². The number of allylic oxidation sites excluding steroid dienone is 1. The molecule has 3 atom stereocenters. The fourth-order valence-electron chi connectivity index (χ4n) is 3.01. The summed E-state index contributed by atoms with van der Waals surface area (Å²) in [7, 11) is 2.00. The van der Waals surface area contributed by atoms with Crippen molar-refractivity contribution in [3.8, 4) is 0 Å². The average molecular weight is 367 g/mol. The summed E-state index contributed by atoms with van der Waals surface area (Å²) >= 11 is 0. The van der Waals surface area contributed by atoms with Crippen LogP contribution >= 0.6 is 9.47 Å². The first-order valence-corrected chi connectivity index (χ1v) is 9.90. The molecule has 1 unspecified atom stereocenters. The van der Waals surface area contributed by atoms with Gasteiger partial charge in [0.05, 0.1) is 9.47 Å². The van der Waals surface area contributed by atoms with Crippen molar-refractivity contribution in [3.63, 3.8) is 0 Å². The quantitative estimate of drug-likeness (QED) is 0.225. The molecule has 24 heavy (non-hydrogen) atoms. The summed E-state index contributed by atoms with van der Waals surface area (Å²) < 4.78 is 4.57. The van der Waals surface area contributed by atoms with Gasteiger partial charge in [-0.15, -0.1) is 0 Å². The van der Waals surface area contributed by atoms with Crippen LogP contribution in [0.15, 0.2) is 11.6 Å². The summed E-state index contributed by atoms with van der Waals surface area (Å²) in [6, 6.07) is 0. The van der Waals surface area contributed by atoms with E-state index in [1.807, 2.05) is 16.4 Å². The molecule has 0 saturated heterocycles. The van der Waals surface area contributed by atoms with Crippen molar-refractivity contribution < 1.29 is 9.32 Å². The van der Waals surface area contributed by atoms with Crippen molar-refractivity contribution in [2.24, 2.45) is 17.8 Å². The van der Waals surface area contributed by atoms with Crippen LogP contribution in [0.25, 0.3) is 0 Å². The van der Waals surface area contributed by atoms with Gasteiger partial charge in [-0.05, 0) is 37.5 Å². The molecule has 0 aliphatic carbocycles. The predicted molar refractivity (Wildman–Crippen MR) is 111 cm³/mol. The molecule has 0 aliphatic rings. The van der Waals surface area contributed by atoms with Gasteiger partial charge in [0.15, 0.2) is 0 Å². The Labute approximate surface area is 175 Å². The minimum atomic E-state index is -0.271. The van der Waals surface area contributed by atoms with Gasteiger partial charge >= 0.3 is 35.5 Å². The van der Waals surface area contributed by atoms with Crippen LogP contribution in [0.5, 0.6) is 0 Å². The van der Waals surface area contributed by atoms with Crippen LogP contribution in [-0.4, -0.2) is 35.5 Å². The third kappa shape index (κ3) is 17.5. The monoisotopic (exact) mass is 366 g/mol. The number of carbonyl (C=O) groups excluding carboxylic acids is 1. The van der Waals surface area contributed by atoms with Gasteiger partial charge in [0.2, 0.25) is 0 Å². The van der Waals surface area contributed by atoms with Gasteiger partial charge in [0.25, 0.3) is 0 Å². The molecule has 0 spiro atoms. The number of hydrogen-bond donors (Lipinski definition) is 0. The Morgan fingerprint density at radius 3 is 1.83 bits per heavy atom. The molecule has 0 N–H and O–H groups in total. The normalized spacial score (nSPS) is 14.2. The zero-order valence-corrected chi connectivity index (χ0v) is 17.2. The molecule has 0 saturated carbocycles. The molecule has 0 heterocycles. The molecule has 0 aromatic heterocycles. The Kier molecular flexibility index (Phi) is 19.1. The van der Waals surface area contributed by atoms with Crippen molar-refractivity contribution >= 4 is 45.0 Å². The van der Waals surface area contributed by atoms with Crippen LogP contribution in [0.4, 0.5) is 0 Å². The average Bonchev–Trinajstić information content (AvgIpc) is 2.46. The summed E-state index contributed by atoms with van der Waals surface area (Å²) in [4.78, 5) is 11.1. The number of rotatable bonds is 13. The Balaban J connectivity index is 0. The van der Waals surface area contributed by atoms with E-state index in [1.54, 1.807) is 6.08 Å². The van der Waals surface area contributed by atoms with E-state index >= 15 is 0 Å². The van der Waals surface area contributed by atoms with Crippen molar-refractivity contribution in [1.82, 2.24) is 0 Å². The molecule has 0 bridgehead atoms. The van der Waals surface area contributed by atoms with E-state index in [9.17, 15) is 4.79 Å². The molecule has 0 fully saturated rings. The molecule has 0 aromatic rings. The summed E-state index contributed by atoms with van der Waals surface area (Å²) in [5.41, 5.74) is 1.11. The van der Waals surface area contributed by atoms with Crippen molar-refractivity contribution in [3.05, 3.63) is 11.6 Å². The van der Waals surface area contributed by atoms with Gasteiger partial charge in [-0.3, -0.25) is 0 Å². The van der Waals surface area contributed by atoms with Gasteiger partial charge in [-0.2, -0.15) is 0 Å². The van der Waals surface area contributed by atoms with Crippen LogP contribution < -0.4 is 0 Å². The second-order valence-corrected chi connectivity index (χ2v) is 8.02. The molecule has 2 nitrogen and oxygen atoms in total. The molecular formula is C20H40NaO2P. The van der Waals surface area contributed by atoms with Crippen LogP contribution in [0.1, 0.15) is 92.4 Å². The summed E-state index contributed by atoms with van der Waals surface area (Å²) in [6.45, 7) is 11.4. The van der Waals surface area contributed by atoms with E-state index in [0.717, 1.165) is 36.2 Å². The topological polar surface area (TPSA) is 26.3 Å². The summed E-state index contributed by atoms with van der Waals surface area (Å²) in [5, 5.41) is 0. The van der Waals surface area contributed by atoms with Crippen LogP contribution in [0.2, 0.25) is 0 Å². The van der Waals surface area contributed by atoms with Crippen molar-refractivity contribution in [1.29, 1.82) is 0 Å². The first kappa shape index (κ1) is 26.9. The van der Waals surface area contributed by atoms with Crippen LogP contribution in [0.3, 0.4) is 0 Å². The number of hydrogen-bond acceptors (Lipinski definition) is 2. The molecule has 0 aliphatic heterocycles. The molecule has 0 rings (SSSR count). The van der Waals surface area contributed by atoms with Gasteiger partial charge in [-0.1, -0.05) is 78.2 Å². The molecule has 4 heteroatoms. The molecule has 138 valence electrons. The third-order valence-electron chi connectivity index (χ3n) is 4.62. The predicted octanol–water partition coefficient (Wildman–Crippen LogP) is 6.06. The van der Waals surface area contributed by atoms with E-state index in [0.29, 0.717) is 0 Å². The van der Waals surface area contributed by atoms with E-state index in [-0.39, 0.29) is 35.5 Å². The second kappa shape index (κ2) is 17.1. The fraction of sp³-hybridized carbons (Fsp3) is 0.850. The standard InChI is InChI=1S/C20H39O2P.Na.H/c1-16(2)9-6-10-17(3)11-7-12-18(4)13-8-14-19(5)15-20(21)22-23;;/h15-18H,6-14,23H2,1-5H3;;/b19-15+;;/t17-,18-;;/m1../s1. The van der Waals surface area contributed by atoms with E-state index in [4.69, 9.17) is 0 Å². The Bertz CT molecular complexity index is 343. The Morgan fingerprint density at radius 1 is 0.917 bits per heavy atom. The Hall–Kier alpha value is 0.640. The van der Waals surface area contributed by atoms with E-state index < -0.39 is 0 Å². The van der Waals surface area contributed by atoms with Crippen LogP contribution in [0, 0.1) is 17.8 Å².